The number of para-hydroxylation sites is 1. The van der Waals surface area contributed by atoms with Crippen molar-refractivity contribution in [1.82, 2.24) is 4.98 Å². The number of rotatable bonds is 3. The number of amides is 2. The van der Waals surface area contributed by atoms with E-state index in [2.05, 4.69) is 15.6 Å². The van der Waals surface area contributed by atoms with Gasteiger partial charge >= 0.3 is 0 Å². The molecule has 3 aromatic rings. The molecule has 0 atom stereocenters. The van der Waals surface area contributed by atoms with Crippen molar-refractivity contribution in [2.24, 2.45) is 0 Å². The highest BCUT2D eigenvalue weighted by atomic mass is 35.5. The van der Waals surface area contributed by atoms with Crippen molar-refractivity contribution >= 4 is 45.7 Å². The Balaban J connectivity index is 1.86. The van der Waals surface area contributed by atoms with Crippen LogP contribution in [0.4, 0.5) is 11.4 Å². The van der Waals surface area contributed by atoms with Crippen molar-refractivity contribution in [3.05, 3.63) is 69.5 Å². The van der Waals surface area contributed by atoms with E-state index < -0.39 is 11.3 Å². The highest BCUT2D eigenvalue weighted by Gasteiger charge is 2.14. The van der Waals surface area contributed by atoms with E-state index in [0.717, 1.165) is 0 Å². The van der Waals surface area contributed by atoms with Crippen molar-refractivity contribution in [2.45, 2.75) is 6.92 Å². The number of hydrogen-bond acceptors (Lipinski definition) is 3. The van der Waals surface area contributed by atoms with Gasteiger partial charge in [0.15, 0.2) is 0 Å². The number of H-pyrrole nitrogens is 1. The first kappa shape index (κ1) is 16.7. The highest BCUT2D eigenvalue weighted by molar-refractivity contribution is 6.35. The third-order valence-electron chi connectivity index (χ3n) is 3.57. The van der Waals surface area contributed by atoms with Gasteiger partial charge < -0.3 is 15.6 Å². The summed E-state index contributed by atoms with van der Waals surface area (Å²) in [5.41, 5.74) is 1.20. The van der Waals surface area contributed by atoms with Gasteiger partial charge in [-0.2, -0.15) is 0 Å². The fraction of sp³-hybridized carbons (Fsp3) is 0.0556. The van der Waals surface area contributed by atoms with Gasteiger partial charge in [-0.3, -0.25) is 14.4 Å². The number of hydrogen-bond donors (Lipinski definition) is 3. The zero-order valence-corrected chi connectivity index (χ0v) is 14.0. The lowest BCUT2D eigenvalue weighted by atomic mass is 10.1. The second-order valence-electron chi connectivity index (χ2n) is 5.41. The molecule has 0 unspecified atom stereocenters. The summed E-state index contributed by atoms with van der Waals surface area (Å²) >= 11 is 6.04. The lowest BCUT2D eigenvalue weighted by Crippen LogP contribution is -2.22. The summed E-state index contributed by atoms with van der Waals surface area (Å²) < 4.78 is 0. The molecule has 2 aromatic carbocycles. The van der Waals surface area contributed by atoms with E-state index >= 15 is 0 Å². The lowest BCUT2D eigenvalue weighted by Gasteiger charge is -2.08. The predicted octanol–water partition coefficient (Wildman–Crippen LogP) is 3.39. The van der Waals surface area contributed by atoms with Crippen LogP contribution in [0, 0.1) is 0 Å². The maximum absolute atomic E-state index is 12.5. The van der Waals surface area contributed by atoms with Crippen LogP contribution in [-0.2, 0) is 4.79 Å². The van der Waals surface area contributed by atoms with E-state index in [0.29, 0.717) is 27.3 Å². The smallest absolute Gasteiger partial charge is 0.261 e. The Morgan fingerprint density at radius 1 is 1.00 bits per heavy atom. The van der Waals surface area contributed by atoms with Gasteiger partial charge in [-0.05, 0) is 36.4 Å². The van der Waals surface area contributed by atoms with Gasteiger partial charge in [0.1, 0.15) is 5.56 Å². The minimum atomic E-state index is -0.532. The number of carbonyl (C=O) groups is 2. The molecule has 1 aromatic heterocycles. The minimum absolute atomic E-state index is 0.0132. The molecule has 0 saturated carbocycles. The SMILES string of the molecule is CC(=O)Nc1ccc(NC(=O)c2c[nH]c3c(Cl)cccc3c2=O)cc1. The lowest BCUT2D eigenvalue weighted by molar-refractivity contribution is -0.114. The molecule has 0 aliphatic carbocycles. The average molecular weight is 356 g/mol. The molecule has 0 spiro atoms. The van der Waals surface area contributed by atoms with E-state index in [4.69, 9.17) is 11.6 Å². The molecule has 25 heavy (non-hydrogen) atoms. The average Bonchev–Trinajstić information content (AvgIpc) is 2.57. The van der Waals surface area contributed by atoms with Crippen LogP contribution in [0.25, 0.3) is 10.9 Å². The van der Waals surface area contributed by atoms with Crippen molar-refractivity contribution < 1.29 is 9.59 Å². The van der Waals surface area contributed by atoms with Gasteiger partial charge in [-0.25, -0.2) is 0 Å². The van der Waals surface area contributed by atoms with Gasteiger partial charge in [0.25, 0.3) is 5.91 Å². The van der Waals surface area contributed by atoms with Gasteiger partial charge in [-0.15, -0.1) is 0 Å². The molecule has 2 amide bonds. The van der Waals surface area contributed by atoms with Crippen LogP contribution in [0.5, 0.6) is 0 Å². The van der Waals surface area contributed by atoms with E-state index in [1.807, 2.05) is 0 Å². The summed E-state index contributed by atoms with van der Waals surface area (Å²) in [6.07, 6.45) is 1.34. The molecule has 6 nitrogen and oxygen atoms in total. The van der Waals surface area contributed by atoms with Crippen LogP contribution in [0.1, 0.15) is 17.3 Å². The fourth-order valence-corrected chi connectivity index (χ4v) is 2.65. The van der Waals surface area contributed by atoms with Crippen LogP contribution in [-0.4, -0.2) is 16.8 Å². The van der Waals surface area contributed by atoms with E-state index in [1.165, 1.54) is 13.1 Å². The Morgan fingerprint density at radius 3 is 2.28 bits per heavy atom. The summed E-state index contributed by atoms with van der Waals surface area (Å²) in [5.74, 6) is -0.714. The number of nitrogens with one attached hydrogen (secondary N) is 3. The molecule has 1 heterocycles. The van der Waals surface area contributed by atoms with Gasteiger partial charge in [0, 0.05) is 29.9 Å². The Morgan fingerprint density at radius 2 is 1.64 bits per heavy atom. The number of aromatic amines is 1. The molecule has 0 fully saturated rings. The summed E-state index contributed by atoms with van der Waals surface area (Å²) in [6, 6.07) is 11.5. The Hall–Kier alpha value is -3.12. The van der Waals surface area contributed by atoms with Crippen molar-refractivity contribution in [2.75, 3.05) is 10.6 Å². The Bertz CT molecular complexity index is 1030. The van der Waals surface area contributed by atoms with Crippen LogP contribution >= 0.6 is 11.6 Å². The molecule has 0 radical (unpaired) electrons. The van der Waals surface area contributed by atoms with Crippen LogP contribution in [0.15, 0.2) is 53.5 Å². The zero-order chi connectivity index (χ0) is 18.0. The largest absolute Gasteiger partial charge is 0.359 e. The molecule has 126 valence electrons. The number of pyridine rings is 1. The topological polar surface area (TPSA) is 91.1 Å². The molecule has 7 heteroatoms. The minimum Gasteiger partial charge on any atom is -0.359 e. The third-order valence-corrected chi connectivity index (χ3v) is 3.89. The van der Waals surface area contributed by atoms with E-state index in [9.17, 15) is 14.4 Å². The first-order valence-corrected chi connectivity index (χ1v) is 7.82. The quantitative estimate of drug-likeness (QED) is 0.672. The Labute approximate surface area is 147 Å². The van der Waals surface area contributed by atoms with E-state index in [-0.39, 0.29) is 11.5 Å². The summed E-state index contributed by atoms with van der Waals surface area (Å²) in [5, 5.41) is 6.05. The zero-order valence-electron chi connectivity index (χ0n) is 13.2. The number of benzene rings is 2. The Kier molecular flexibility index (Phi) is 4.54. The molecule has 3 N–H and O–H groups in total. The number of fused-ring (bicyclic) bond motifs is 1. The maximum atomic E-state index is 12.5. The van der Waals surface area contributed by atoms with Crippen molar-refractivity contribution in [1.29, 1.82) is 0 Å². The summed E-state index contributed by atoms with van der Waals surface area (Å²) in [6.45, 7) is 1.41. The predicted molar refractivity (Wildman–Crippen MR) is 98.3 cm³/mol. The van der Waals surface area contributed by atoms with E-state index in [1.54, 1.807) is 42.5 Å². The standard InChI is InChI=1S/C18H14ClN3O3/c1-10(23)21-11-5-7-12(8-6-11)22-18(25)14-9-20-16-13(17(14)24)3-2-4-15(16)19/h2-9H,1H3,(H,20,24)(H,21,23)(H,22,25). The monoisotopic (exact) mass is 355 g/mol. The van der Waals surface area contributed by atoms with Crippen molar-refractivity contribution in [3.8, 4) is 0 Å². The molecule has 0 saturated heterocycles. The first-order valence-electron chi connectivity index (χ1n) is 7.44. The normalized spacial score (nSPS) is 10.5. The van der Waals surface area contributed by atoms with Gasteiger partial charge in [-0.1, -0.05) is 17.7 Å². The van der Waals surface area contributed by atoms with Crippen molar-refractivity contribution in [3.63, 3.8) is 0 Å². The summed E-state index contributed by atoms with van der Waals surface area (Å²) in [4.78, 5) is 38.8. The number of carbonyl (C=O) groups excluding carboxylic acids is 2. The van der Waals surface area contributed by atoms with Crippen LogP contribution in [0.2, 0.25) is 5.02 Å². The maximum Gasteiger partial charge on any atom is 0.261 e. The fourth-order valence-electron chi connectivity index (χ4n) is 2.42. The molecular weight excluding hydrogens is 342 g/mol. The number of aromatic nitrogens is 1. The number of halogens is 1. The molecule has 3 rings (SSSR count). The molecular formula is C18H14ClN3O3. The summed E-state index contributed by atoms with van der Waals surface area (Å²) in [7, 11) is 0. The molecule has 0 aliphatic heterocycles. The van der Waals surface area contributed by atoms with Crippen LogP contribution < -0.4 is 16.1 Å². The highest BCUT2D eigenvalue weighted by Crippen LogP contribution is 2.19. The third kappa shape index (κ3) is 3.54. The molecule has 0 bridgehead atoms. The molecule has 0 aliphatic rings. The first-order chi connectivity index (χ1) is 12.0. The van der Waals surface area contributed by atoms with Gasteiger partial charge in [0.2, 0.25) is 11.3 Å². The second-order valence-corrected chi connectivity index (χ2v) is 5.81. The number of anilines is 2. The van der Waals surface area contributed by atoms with Gasteiger partial charge in [0.05, 0.1) is 10.5 Å². The van der Waals surface area contributed by atoms with Crippen LogP contribution in [0.3, 0.4) is 0 Å². The second kappa shape index (κ2) is 6.78.